The van der Waals surface area contributed by atoms with Crippen molar-refractivity contribution in [3.05, 3.63) is 35.0 Å². The number of hydrogen-bond acceptors (Lipinski definition) is 2. The Labute approximate surface area is 125 Å². The van der Waals surface area contributed by atoms with Gasteiger partial charge in [-0.3, -0.25) is 4.79 Å². The topological polar surface area (TPSA) is 70.9 Å². The van der Waals surface area contributed by atoms with Crippen LogP contribution in [0.1, 0.15) is 47.3 Å². The van der Waals surface area contributed by atoms with Gasteiger partial charge in [0.05, 0.1) is 0 Å². The molecular formula is C17H23N3O. The molecule has 0 radical (unpaired) electrons. The smallest absolute Gasteiger partial charge is 0.267 e. The van der Waals surface area contributed by atoms with Crippen LogP contribution in [-0.4, -0.2) is 23.0 Å². The van der Waals surface area contributed by atoms with Gasteiger partial charge < -0.3 is 16.0 Å². The van der Waals surface area contributed by atoms with Gasteiger partial charge in [-0.25, -0.2) is 0 Å². The predicted octanol–water partition coefficient (Wildman–Crippen LogP) is 2.78. The number of fused-ring (bicyclic) bond motifs is 1. The Hall–Kier alpha value is -1.81. The molecule has 1 aliphatic carbocycles. The first-order chi connectivity index (χ1) is 10.0. The number of hydrogen-bond donors (Lipinski definition) is 3. The lowest BCUT2D eigenvalue weighted by Crippen LogP contribution is -2.40. The zero-order chi connectivity index (χ0) is 15.0. The molecule has 0 saturated heterocycles. The Bertz CT molecular complexity index is 666. The van der Waals surface area contributed by atoms with E-state index in [2.05, 4.69) is 36.3 Å². The first-order valence-corrected chi connectivity index (χ1v) is 7.69. The minimum atomic E-state index is -0.0104. The van der Waals surface area contributed by atoms with E-state index >= 15 is 0 Å². The molecule has 1 aliphatic rings. The van der Waals surface area contributed by atoms with Crippen molar-refractivity contribution in [1.29, 1.82) is 0 Å². The number of aromatic nitrogens is 1. The fourth-order valence-electron chi connectivity index (χ4n) is 3.26. The van der Waals surface area contributed by atoms with Crippen molar-refractivity contribution in [1.82, 2.24) is 10.3 Å². The minimum absolute atomic E-state index is 0.0104. The lowest BCUT2D eigenvalue weighted by molar-refractivity contribution is 0.0921. The summed E-state index contributed by atoms with van der Waals surface area (Å²) in [4.78, 5) is 15.6. The molecule has 4 N–H and O–H groups in total. The molecule has 0 aliphatic heterocycles. The van der Waals surface area contributed by atoms with Crippen molar-refractivity contribution in [3.8, 4) is 0 Å². The quantitative estimate of drug-likeness (QED) is 0.794. The highest BCUT2D eigenvalue weighted by atomic mass is 16.1. The maximum Gasteiger partial charge on any atom is 0.267 e. The van der Waals surface area contributed by atoms with Crippen LogP contribution in [0.15, 0.2) is 18.2 Å². The molecule has 0 spiro atoms. The molecule has 1 aromatic carbocycles. The minimum Gasteiger partial charge on any atom is -0.350 e. The molecule has 2 aromatic rings. The molecule has 112 valence electrons. The zero-order valence-corrected chi connectivity index (χ0v) is 12.7. The summed E-state index contributed by atoms with van der Waals surface area (Å²) in [6, 6.07) is 6.74. The Kier molecular flexibility index (Phi) is 3.72. The fourth-order valence-corrected chi connectivity index (χ4v) is 3.26. The average Bonchev–Trinajstić information content (AvgIpc) is 2.85. The van der Waals surface area contributed by atoms with Gasteiger partial charge in [0.25, 0.3) is 5.91 Å². The van der Waals surface area contributed by atoms with Gasteiger partial charge in [-0.05, 0) is 57.2 Å². The van der Waals surface area contributed by atoms with E-state index in [1.165, 1.54) is 11.1 Å². The van der Waals surface area contributed by atoms with Gasteiger partial charge >= 0.3 is 0 Å². The maximum absolute atomic E-state index is 12.4. The van der Waals surface area contributed by atoms with Crippen molar-refractivity contribution in [3.63, 3.8) is 0 Å². The SMILES string of the molecule is Cc1cc(C)c2[nH]c(C(=O)NC3CCC(N)CC3)cc2c1. The van der Waals surface area contributed by atoms with Gasteiger partial charge in [-0.15, -0.1) is 0 Å². The monoisotopic (exact) mass is 285 g/mol. The van der Waals surface area contributed by atoms with Crippen molar-refractivity contribution in [2.75, 3.05) is 0 Å². The highest BCUT2D eigenvalue weighted by molar-refractivity contribution is 5.99. The molecule has 4 nitrogen and oxygen atoms in total. The van der Waals surface area contributed by atoms with Crippen LogP contribution in [0.5, 0.6) is 0 Å². The van der Waals surface area contributed by atoms with Crippen LogP contribution in [-0.2, 0) is 0 Å². The van der Waals surface area contributed by atoms with Crippen molar-refractivity contribution in [2.45, 2.75) is 51.6 Å². The second-order valence-corrected chi connectivity index (χ2v) is 6.31. The van der Waals surface area contributed by atoms with E-state index in [1.54, 1.807) is 0 Å². The van der Waals surface area contributed by atoms with Crippen LogP contribution in [0.3, 0.4) is 0 Å². The van der Waals surface area contributed by atoms with Crippen LogP contribution in [0.4, 0.5) is 0 Å². The van der Waals surface area contributed by atoms with Crippen LogP contribution >= 0.6 is 0 Å². The number of H-pyrrole nitrogens is 1. The third-order valence-corrected chi connectivity index (χ3v) is 4.42. The molecule has 0 bridgehead atoms. The molecular weight excluding hydrogens is 262 g/mol. The van der Waals surface area contributed by atoms with Gasteiger partial charge in [0.15, 0.2) is 0 Å². The lowest BCUT2D eigenvalue weighted by atomic mass is 9.92. The molecule has 3 rings (SSSR count). The number of aryl methyl sites for hydroxylation is 2. The summed E-state index contributed by atoms with van der Waals surface area (Å²) in [5, 5.41) is 4.23. The summed E-state index contributed by atoms with van der Waals surface area (Å²) in [6.07, 6.45) is 3.95. The first-order valence-electron chi connectivity index (χ1n) is 7.69. The highest BCUT2D eigenvalue weighted by Crippen LogP contribution is 2.22. The van der Waals surface area contributed by atoms with Crippen molar-refractivity contribution < 1.29 is 4.79 Å². The van der Waals surface area contributed by atoms with Crippen LogP contribution in [0.25, 0.3) is 10.9 Å². The second kappa shape index (κ2) is 5.53. The molecule has 1 amide bonds. The Morgan fingerprint density at radius 3 is 2.62 bits per heavy atom. The summed E-state index contributed by atoms with van der Waals surface area (Å²) in [5.74, 6) is -0.0104. The number of carbonyl (C=O) groups excluding carboxylic acids is 1. The molecule has 1 fully saturated rings. The molecule has 0 unspecified atom stereocenters. The third kappa shape index (κ3) is 2.95. The summed E-state index contributed by atoms with van der Waals surface area (Å²) in [5.41, 5.74) is 9.99. The van der Waals surface area contributed by atoms with E-state index in [0.29, 0.717) is 11.7 Å². The Morgan fingerprint density at radius 1 is 1.19 bits per heavy atom. The average molecular weight is 285 g/mol. The molecule has 1 saturated carbocycles. The molecule has 1 aromatic heterocycles. The summed E-state index contributed by atoms with van der Waals surface area (Å²) >= 11 is 0. The number of amides is 1. The number of carbonyl (C=O) groups is 1. The molecule has 1 heterocycles. The number of nitrogens with one attached hydrogen (secondary N) is 2. The van der Waals surface area contributed by atoms with E-state index in [4.69, 9.17) is 5.73 Å². The lowest BCUT2D eigenvalue weighted by Gasteiger charge is -2.26. The third-order valence-electron chi connectivity index (χ3n) is 4.42. The molecule has 0 atom stereocenters. The normalized spacial score (nSPS) is 22.4. The van der Waals surface area contributed by atoms with E-state index in [9.17, 15) is 4.79 Å². The number of nitrogens with two attached hydrogens (primary N) is 1. The van der Waals surface area contributed by atoms with E-state index in [1.807, 2.05) is 6.07 Å². The fraction of sp³-hybridized carbons (Fsp3) is 0.471. The molecule has 21 heavy (non-hydrogen) atoms. The Balaban J connectivity index is 1.77. The summed E-state index contributed by atoms with van der Waals surface area (Å²) < 4.78 is 0. The Morgan fingerprint density at radius 2 is 1.90 bits per heavy atom. The number of aromatic amines is 1. The van der Waals surface area contributed by atoms with E-state index in [0.717, 1.165) is 36.6 Å². The van der Waals surface area contributed by atoms with Crippen molar-refractivity contribution in [2.24, 2.45) is 5.73 Å². The molecule has 4 heteroatoms. The standard InChI is InChI=1S/C17H23N3O/c1-10-7-11(2)16-12(8-10)9-15(20-16)17(21)19-14-5-3-13(18)4-6-14/h7-9,13-14,20H,3-6,18H2,1-2H3,(H,19,21). The van der Waals surface area contributed by atoms with Crippen LogP contribution in [0.2, 0.25) is 0 Å². The van der Waals surface area contributed by atoms with Gasteiger partial charge in [0.1, 0.15) is 5.69 Å². The van der Waals surface area contributed by atoms with Crippen molar-refractivity contribution >= 4 is 16.8 Å². The van der Waals surface area contributed by atoms with E-state index < -0.39 is 0 Å². The van der Waals surface area contributed by atoms with Gasteiger partial charge in [-0.1, -0.05) is 11.6 Å². The van der Waals surface area contributed by atoms with Gasteiger partial charge in [0.2, 0.25) is 0 Å². The number of benzene rings is 1. The summed E-state index contributed by atoms with van der Waals surface area (Å²) in [6.45, 7) is 4.14. The predicted molar refractivity (Wildman–Crippen MR) is 85.5 cm³/mol. The maximum atomic E-state index is 12.4. The second-order valence-electron chi connectivity index (χ2n) is 6.31. The van der Waals surface area contributed by atoms with Gasteiger partial charge in [-0.2, -0.15) is 0 Å². The number of rotatable bonds is 2. The highest BCUT2D eigenvalue weighted by Gasteiger charge is 2.21. The van der Waals surface area contributed by atoms with E-state index in [-0.39, 0.29) is 11.9 Å². The largest absolute Gasteiger partial charge is 0.350 e. The zero-order valence-electron chi connectivity index (χ0n) is 12.7. The summed E-state index contributed by atoms with van der Waals surface area (Å²) in [7, 11) is 0. The van der Waals surface area contributed by atoms with Gasteiger partial charge in [0, 0.05) is 23.0 Å². The van der Waals surface area contributed by atoms with Crippen LogP contribution < -0.4 is 11.1 Å². The first kappa shape index (κ1) is 14.1. The van der Waals surface area contributed by atoms with Crippen LogP contribution in [0, 0.1) is 13.8 Å².